The molecule has 9 nitrogen and oxygen atoms in total. The minimum absolute atomic E-state index is 0.181. The van der Waals surface area contributed by atoms with Gasteiger partial charge in [0.05, 0.1) is 37.9 Å². The fraction of sp³-hybridized carbons (Fsp3) is 0.472. The number of nitrogens with zero attached hydrogens (tertiary/aromatic N) is 2. The minimum atomic E-state index is -1.26. The summed E-state index contributed by atoms with van der Waals surface area (Å²) in [6.07, 6.45) is 6.50. The van der Waals surface area contributed by atoms with Gasteiger partial charge in [-0.3, -0.25) is 14.4 Å². The van der Waals surface area contributed by atoms with E-state index in [1.807, 2.05) is 37.3 Å². The SMILES string of the molecule is C=CCCCOC(=O)[C@@H]1[C@H]2C(=O)N([C@@H](CO)Cc3ccccc3)C(C(=O)N(CC=C)c3ccc(OC)cc3)C23CC[C@@]1(CC)O3. The molecule has 3 aliphatic heterocycles. The van der Waals surface area contributed by atoms with Gasteiger partial charge in [0.2, 0.25) is 5.91 Å². The van der Waals surface area contributed by atoms with Crippen LogP contribution in [0.2, 0.25) is 0 Å². The molecule has 0 aliphatic carbocycles. The molecule has 1 spiro atoms. The number of aliphatic hydroxyl groups excluding tert-OH is 1. The predicted molar refractivity (Wildman–Crippen MR) is 171 cm³/mol. The summed E-state index contributed by atoms with van der Waals surface area (Å²) in [5.74, 6) is -2.33. The lowest BCUT2D eigenvalue weighted by molar-refractivity contribution is -0.162. The van der Waals surface area contributed by atoms with Gasteiger partial charge in [0.1, 0.15) is 23.3 Å². The van der Waals surface area contributed by atoms with Crippen molar-refractivity contribution >= 4 is 23.5 Å². The van der Waals surface area contributed by atoms with E-state index in [2.05, 4.69) is 13.2 Å². The third-order valence-corrected chi connectivity index (χ3v) is 9.78. The normalized spacial score (nSPS) is 27.1. The van der Waals surface area contributed by atoms with Crippen molar-refractivity contribution in [1.29, 1.82) is 0 Å². The molecule has 3 fully saturated rings. The second kappa shape index (κ2) is 13.6. The number of hydrogen-bond donors (Lipinski definition) is 1. The van der Waals surface area contributed by atoms with Crippen LogP contribution in [0.5, 0.6) is 5.75 Å². The molecule has 6 atom stereocenters. The van der Waals surface area contributed by atoms with E-state index in [0.717, 1.165) is 5.56 Å². The van der Waals surface area contributed by atoms with Crippen molar-refractivity contribution in [1.82, 2.24) is 4.90 Å². The van der Waals surface area contributed by atoms with Crippen molar-refractivity contribution < 1.29 is 33.7 Å². The second-order valence-corrected chi connectivity index (χ2v) is 12.1. The third kappa shape index (κ3) is 5.68. The van der Waals surface area contributed by atoms with Crippen LogP contribution in [0.3, 0.4) is 0 Å². The molecule has 9 heteroatoms. The summed E-state index contributed by atoms with van der Waals surface area (Å²) >= 11 is 0. The van der Waals surface area contributed by atoms with E-state index in [0.29, 0.717) is 50.0 Å². The molecule has 2 amide bonds. The largest absolute Gasteiger partial charge is 0.497 e. The monoisotopic (exact) mass is 616 g/mol. The number of ether oxygens (including phenoxy) is 3. The Kier molecular flexibility index (Phi) is 9.79. The maximum absolute atomic E-state index is 14.9. The number of amides is 2. The zero-order valence-corrected chi connectivity index (χ0v) is 26.2. The first-order valence-corrected chi connectivity index (χ1v) is 15.8. The van der Waals surface area contributed by atoms with E-state index >= 15 is 0 Å². The molecule has 2 unspecified atom stereocenters. The van der Waals surface area contributed by atoms with Crippen LogP contribution in [0, 0.1) is 11.8 Å². The van der Waals surface area contributed by atoms with Gasteiger partial charge in [0.25, 0.3) is 5.91 Å². The van der Waals surface area contributed by atoms with Gasteiger partial charge in [-0.25, -0.2) is 0 Å². The van der Waals surface area contributed by atoms with Crippen LogP contribution >= 0.6 is 0 Å². The van der Waals surface area contributed by atoms with Crippen LogP contribution in [-0.4, -0.2) is 77.9 Å². The maximum Gasteiger partial charge on any atom is 0.312 e. The second-order valence-electron chi connectivity index (χ2n) is 12.1. The van der Waals surface area contributed by atoms with Gasteiger partial charge in [0.15, 0.2) is 0 Å². The van der Waals surface area contributed by atoms with E-state index in [-0.39, 0.29) is 31.6 Å². The van der Waals surface area contributed by atoms with Crippen molar-refractivity contribution in [2.24, 2.45) is 11.8 Å². The number of methoxy groups -OCH3 is 1. The predicted octanol–water partition coefficient (Wildman–Crippen LogP) is 4.48. The van der Waals surface area contributed by atoms with Crippen LogP contribution in [0.25, 0.3) is 0 Å². The molecule has 1 N–H and O–H groups in total. The average molecular weight is 617 g/mol. The first-order chi connectivity index (χ1) is 21.8. The fourth-order valence-electron chi connectivity index (χ4n) is 7.68. The first kappa shape index (κ1) is 32.4. The number of aliphatic hydroxyl groups is 1. The average Bonchev–Trinajstić information content (AvgIpc) is 3.68. The molecule has 45 heavy (non-hydrogen) atoms. The highest BCUT2D eigenvalue weighted by Gasteiger charge is 2.79. The summed E-state index contributed by atoms with van der Waals surface area (Å²) in [5, 5.41) is 10.8. The first-order valence-electron chi connectivity index (χ1n) is 15.8. The van der Waals surface area contributed by atoms with Crippen LogP contribution in [0.1, 0.15) is 44.6 Å². The molecule has 2 aromatic rings. The van der Waals surface area contributed by atoms with Gasteiger partial charge in [-0.1, -0.05) is 49.4 Å². The van der Waals surface area contributed by atoms with Crippen molar-refractivity contribution in [2.45, 2.75) is 68.7 Å². The lowest BCUT2D eigenvalue weighted by Crippen LogP contribution is -2.59. The quantitative estimate of drug-likeness (QED) is 0.179. The van der Waals surface area contributed by atoms with Crippen molar-refractivity contribution in [3.8, 4) is 5.75 Å². The number of benzene rings is 2. The standard InChI is InChI=1S/C36H44N2O7/c1-5-8-12-22-44-34(42)30-29-32(40)38(27(24-39)23-25-13-10-9-11-14-25)31(36(29)20-19-35(30,7-3)45-36)33(41)37(21-6-2)26-15-17-28(43-4)18-16-26/h5-6,9-11,13-18,27,29-31,39H,1-2,7-8,12,19-24H2,3-4H3/t27-,29+,30+,31?,35-,36?/m1/s1. The topological polar surface area (TPSA) is 106 Å². The van der Waals surface area contributed by atoms with Crippen molar-refractivity contribution in [3.05, 3.63) is 85.5 Å². The zero-order chi connectivity index (χ0) is 32.2. The lowest BCUT2D eigenvalue weighted by Gasteiger charge is -2.39. The molecule has 0 saturated carbocycles. The molecule has 3 aliphatic rings. The van der Waals surface area contributed by atoms with Gasteiger partial charge in [-0.05, 0) is 68.4 Å². The van der Waals surface area contributed by atoms with Crippen molar-refractivity contribution in [3.63, 3.8) is 0 Å². The summed E-state index contributed by atoms with van der Waals surface area (Å²) in [6.45, 7) is 9.58. The number of hydrogen-bond acceptors (Lipinski definition) is 7. The number of rotatable bonds is 15. The summed E-state index contributed by atoms with van der Waals surface area (Å²) in [5.41, 5.74) is -0.660. The molecule has 2 aromatic carbocycles. The molecule has 3 heterocycles. The van der Waals surface area contributed by atoms with E-state index in [1.54, 1.807) is 48.4 Å². The number of fused-ring (bicyclic) bond motifs is 1. The number of unbranched alkanes of at least 4 members (excludes halogenated alkanes) is 1. The highest BCUT2D eigenvalue weighted by Crippen LogP contribution is 2.65. The summed E-state index contributed by atoms with van der Waals surface area (Å²) < 4.78 is 18.0. The van der Waals surface area contributed by atoms with Gasteiger partial charge >= 0.3 is 5.97 Å². The third-order valence-electron chi connectivity index (χ3n) is 9.78. The van der Waals surface area contributed by atoms with Crippen LogP contribution < -0.4 is 9.64 Å². The van der Waals surface area contributed by atoms with Crippen molar-refractivity contribution in [2.75, 3.05) is 31.8 Å². The number of allylic oxidation sites excluding steroid dienone is 1. The number of carbonyl (C=O) groups is 3. The van der Waals surface area contributed by atoms with E-state index in [9.17, 15) is 19.5 Å². The van der Waals surface area contributed by atoms with E-state index in [4.69, 9.17) is 14.2 Å². The number of likely N-dealkylation sites (tertiary alicyclic amines) is 1. The van der Waals surface area contributed by atoms with Crippen LogP contribution in [-0.2, 0) is 30.3 Å². The molecular formula is C36H44N2O7. The highest BCUT2D eigenvalue weighted by molar-refractivity contribution is 6.05. The zero-order valence-electron chi connectivity index (χ0n) is 26.2. The number of anilines is 1. The minimum Gasteiger partial charge on any atom is -0.497 e. The van der Waals surface area contributed by atoms with E-state index < -0.39 is 41.1 Å². The van der Waals surface area contributed by atoms with Gasteiger partial charge in [-0.15, -0.1) is 13.2 Å². The van der Waals surface area contributed by atoms with Gasteiger partial charge < -0.3 is 29.1 Å². The Morgan fingerprint density at radius 2 is 1.87 bits per heavy atom. The number of carbonyl (C=O) groups excluding carboxylic acids is 3. The Balaban J connectivity index is 1.59. The lowest BCUT2D eigenvalue weighted by atomic mass is 9.65. The van der Waals surface area contributed by atoms with Crippen LogP contribution in [0.4, 0.5) is 5.69 Å². The number of esters is 1. The fourth-order valence-corrected chi connectivity index (χ4v) is 7.68. The Morgan fingerprint density at radius 3 is 2.49 bits per heavy atom. The molecule has 0 aromatic heterocycles. The molecule has 3 saturated heterocycles. The molecule has 240 valence electrons. The summed E-state index contributed by atoms with van der Waals surface area (Å²) in [7, 11) is 1.57. The summed E-state index contributed by atoms with van der Waals surface area (Å²) in [4.78, 5) is 46.6. The van der Waals surface area contributed by atoms with Crippen LogP contribution in [0.15, 0.2) is 79.9 Å². The highest BCUT2D eigenvalue weighted by atomic mass is 16.6. The molecule has 5 rings (SSSR count). The Labute approximate surface area is 265 Å². The smallest absolute Gasteiger partial charge is 0.312 e. The summed E-state index contributed by atoms with van der Waals surface area (Å²) in [6, 6.07) is 14.9. The Bertz CT molecular complexity index is 1400. The van der Waals surface area contributed by atoms with E-state index in [1.165, 1.54) is 4.90 Å². The Morgan fingerprint density at radius 1 is 1.13 bits per heavy atom. The molecule has 0 radical (unpaired) electrons. The maximum atomic E-state index is 14.9. The van der Waals surface area contributed by atoms with Gasteiger partial charge in [-0.2, -0.15) is 0 Å². The molecular weight excluding hydrogens is 572 g/mol. The Hall–Kier alpha value is -3.95. The molecule has 2 bridgehead atoms. The van der Waals surface area contributed by atoms with Gasteiger partial charge in [0, 0.05) is 12.2 Å².